The van der Waals surface area contributed by atoms with Crippen LogP contribution in [0.15, 0.2) is 9.31 Å². The van der Waals surface area contributed by atoms with Gasteiger partial charge in [-0.05, 0) is 20.3 Å². The second-order valence-electron chi connectivity index (χ2n) is 6.50. The molecule has 0 aromatic carbocycles. The van der Waals surface area contributed by atoms with Crippen LogP contribution < -0.4 is 5.32 Å². The summed E-state index contributed by atoms with van der Waals surface area (Å²) < 4.78 is 38.0. The van der Waals surface area contributed by atoms with Gasteiger partial charge in [0.2, 0.25) is 10.0 Å². The number of nitrogens with one attached hydrogen (secondary N) is 1. The number of nitrogens with zero attached hydrogens (tertiary/aromatic N) is 2. The molecule has 0 saturated carbocycles. The van der Waals surface area contributed by atoms with Gasteiger partial charge in [0.1, 0.15) is 22.0 Å². The standard InChI is InChI=1S/C16H25N3O5S/c1-11-14(16(20)23-3)15(12(2)24-11)25(21,22)19-7-4-13(10-19)18-8-5-17-6-9-18/h13,17H,4-10H2,1-3H3. The molecule has 25 heavy (non-hydrogen) atoms. The highest BCUT2D eigenvalue weighted by Gasteiger charge is 2.40. The molecule has 1 atom stereocenters. The zero-order chi connectivity index (χ0) is 18.2. The van der Waals surface area contributed by atoms with Crippen molar-refractivity contribution in [3.8, 4) is 0 Å². The summed E-state index contributed by atoms with van der Waals surface area (Å²) in [6.45, 7) is 7.73. The smallest absolute Gasteiger partial charge is 0.342 e. The van der Waals surface area contributed by atoms with Crippen molar-refractivity contribution in [3.05, 3.63) is 17.1 Å². The first-order chi connectivity index (χ1) is 11.9. The van der Waals surface area contributed by atoms with E-state index in [1.807, 2.05) is 0 Å². The van der Waals surface area contributed by atoms with E-state index in [4.69, 9.17) is 9.15 Å². The van der Waals surface area contributed by atoms with Crippen molar-refractivity contribution in [2.45, 2.75) is 31.2 Å². The first kappa shape index (κ1) is 18.4. The number of methoxy groups -OCH3 is 1. The second kappa shape index (κ2) is 7.06. The van der Waals surface area contributed by atoms with Crippen LogP contribution in [0.25, 0.3) is 0 Å². The van der Waals surface area contributed by atoms with E-state index in [1.54, 1.807) is 13.8 Å². The number of hydrogen-bond acceptors (Lipinski definition) is 7. The Balaban J connectivity index is 1.87. The molecule has 0 bridgehead atoms. The predicted octanol–water partition coefficient (Wildman–Crippen LogP) is 0.351. The Kier molecular flexibility index (Phi) is 5.19. The van der Waals surface area contributed by atoms with Gasteiger partial charge in [0.25, 0.3) is 0 Å². The minimum absolute atomic E-state index is 0.00521. The van der Waals surface area contributed by atoms with Gasteiger partial charge in [-0.25, -0.2) is 13.2 Å². The van der Waals surface area contributed by atoms with Crippen LogP contribution in [0.3, 0.4) is 0 Å². The van der Waals surface area contributed by atoms with E-state index in [2.05, 4.69) is 10.2 Å². The van der Waals surface area contributed by atoms with Crippen LogP contribution in [0.1, 0.15) is 28.3 Å². The van der Waals surface area contributed by atoms with Crippen LogP contribution >= 0.6 is 0 Å². The van der Waals surface area contributed by atoms with Crippen molar-refractivity contribution in [2.24, 2.45) is 0 Å². The van der Waals surface area contributed by atoms with E-state index < -0.39 is 16.0 Å². The van der Waals surface area contributed by atoms with Gasteiger partial charge in [0.05, 0.1) is 7.11 Å². The molecule has 2 saturated heterocycles. The molecule has 140 valence electrons. The van der Waals surface area contributed by atoms with E-state index in [9.17, 15) is 13.2 Å². The van der Waals surface area contributed by atoms with Crippen molar-refractivity contribution in [2.75, 3.05) is 46.4 Å². The Hall–Kier alpha value is -1.42. The average Bonchev–Trinajstić information content (AvgIpc) is 3.20. The van der Waals surface area contributed by atoms with Gasteiger partial charge in [0, 0.05) is 45.3 Å². The summed E-state index contributed by atoms with van der Waals surface area (Å²) in [5.41, 5.74) is 0.00521. The Labute approximate surface area is 148 Å². The van der Waals surface area contributed by atoms with Gasteiger partial charge in [-0.2, -0.15) is 4.31 Å². The van der Waals surface area contributed by atoms with E-state index >= 15 is 0 Å². The van der Waals surface area contributed by atoms with Gasteiger partial charge >= 0.3 is 5.97 Å². The summed E-state index contributed by atoms with van der Waals surface area (Å²) in [6, 6.07) is 0.215. The van der Waals surface area contributed by atoms with Crippen molar-refractivity contribution in [1.82, 2.24) is 14.5 Å². The molecule has 2 fully saturated rings. The lowest BCUT2D eigenvalue weighted by Gasteiger charge is -2.32. The fourth-order valence-corrected chi connectivity index (χ4v) is 5.58. The summed E-state index contributed by atoms with van der Waals surface area (Å²) in [5.74, 6) is -0.199. The average molecular weight is 371 g/mol. The van der Waals surface area contributed by atoms with E-state index in [-0.39, 0.29) is 28.0 Å². The lowest BCUT2D eigenvalue weighted by Crippen LogP contribution is -2.49. The highest BCUT2D eigenvalue weighted by Crippen LogP contribution is 2.32. The Morgan fingerprint density at radius 2 is 1.88 bits per heavy atom. The first-order valence-electron chi connectivity index (χ1n) is 8.49. The van der Waals surface area contributed by atoms with E-state index in [1.165, 1.54) is 11.4 Å². The number of aryl methyl sites for hydroxylation is 2. The lowest BCUT2D eigenvalue weighted by atomic mass is 10.2. The van der Waals surface area contributed by atoms with Crippen LogP contribution in [-0.2, 0) is 14.8 Å². The van der Waals surface area contributed by atoms with Gasteiger partial charge in [-0.3, -0.25) is 4.90 Å². The van der Waals surface area contributed by atoms with Crippen LogP contribution in [0.4, 0.5) is 0 Å². The molecule has 3 rings (SSSR count). The number of carbonyl (C=O) groups is 1. The molecule has 1 unspecified atom stereocenters. The Morgan fingerprint density at radius 1 is 1.20 bits per heavy atom. The molecule has 0 spiro atoms. The van der Waals surface area contributed by atoms with Crippen LogP contribution in [0.2, 0.25) is 0 Å². The third-order valence-corrected chi connectivity index (χ3v) is 7.01. The summed E-state index contributed by atoms with van der Waals surface area (Å²) >= 11 is 0. The zero-order valence-corrected chi connectivity index (χ0v) is 15.7. The number of ether oxygens (including phenoxy) is 1. The molecule has 0 radical (unpaired) electrons. The molecule has 1 N–H and O–H groups in total. The number of hydrogen-bond donors (Lipinski definition) is 1. The first-order valence-corrected chi connectivity index (χ1v) is 9.93. The fraction of sp³-hybridized carbons (Fsp3) is 0.688. The molecule has 1 aromatic rings. The number of carbonyl (C=O) groups excluding carboxylic acids is 1. The molecule has 0 aliphatic carbocycles. The summed E-state index contributed by atoms with van der Waals surface area (Å²) in [6.07, 6.45) is 0.794. The summed E-state index contributed by atoms with van der Waals surface area (Å²) in [7, 11) is -2.58. The molecule has 0 amide bonds. The topological polar surface area (TPSA) is 92.1 Å². The van der Waals surface area contributed by atoms with Gasteiger partial charge in [-0.15, -0.1) is 0 Å². The molecule has 2 aliphatic rings. The van der Waals surface area contributed by atoms with Crippen molar-refractivity contribution in [1.29, 1.82) is 0 Å². The van der Waals surface area contributed by atoms with Gasteiger partial charge < -0.3 is 14.5 Å². The molecule has 8 nitrogen and oxygen atoms in total. The van der Waals surface area contributed by atoms with Crippen molar-refractivity contribution in [3.63, 3.8) is 0 Å². The SMILES string of the molecule is COC(=O)c1c(C)oc(C)c1S(=O)(=O)N1CCC(N2CCNCC2)C1. The summed E-state index contributed by atoms with van der Waals surface area (Å²) in [4.78, 5) is 14.3. The maximum Gasteiger partial charge on any atom is 0.342 e. The maximum absolute atomic E-state index is 13.2. The number of sulfonamides is 1. The Morgan fingerprint density at radius 3 is 2.52 bits per heavy atom. The van der Waals surface area contributed by atoms with Crippen LogP contribution in [-0.4, -0.2) is 76.0 Å². The van der Waals surface area contributed by atoms with Gasteiger partial charge in [0.15, 0.2) is 0 Å². The minimum atomic E-state index is -3.81. The van der Waals surface area contributed by atoms with Crippen molar-refractivity contribution < 1.29 is 22.4 Å². The van der Waals surface area contributed by atoms with Gasteiger partial charge in [-0.1, -0.05) is 0 Å². The highest BCUT2D eigenvalue weighted by atomic mass is 32.2. The molecular formula is C16H25N3O5S. The quantitative estimate of drug-likeness (QED) is 0.764. The number of rotatable bonds is 4. The minimum Gasteiger partial charge on any atom is -0.465 e. The number of furan rings is 1. The zero-order valence-electron chi connectivity index (χ0n) is 14.9. The molecule has 2 aliphatic heterocycles. The van der Waals surface area contributed by atoms with Crippen LogP contribution in [0, 0.1) is 13.8 Å². The Bertz CT molecular complexity index is 752. The van der Waals surface area contributed by atoms with Crippen LogP contribution in [0.5, 0.6) is 0 Å². The largest absolute Gasteiger partial charge is 0.465 e. The predicted molar refractivity (Wildman–Crippen MR) is 91.1 cm³/mol. The monoisotopic (exact) mass is 371 g/mol. The third-order valence-electron chi connectivity index (χ3n) is 4.99. The maximum atomic E-state index is 13.2. The second-order valence-corrected chi connectivity index (χ2v) is 8.38. The van der Waals surface area contributed by atoms with Crippen molar-refractivity contribution >= 4 is 16.0 Å². The lowest BCUT2D eigenvalue weighted by molar-refractivity contribution is 0.0594. The fourth-order valence-electron chi connectivity index (χ4n) is 3.72. The highest BCUT2D eigenvalue weighted by molar-refractivity contribution is 7.89. The van der Waals surface area contributed by atoms with E-state index in [0.717, 1.165) is 32.6 Å². The normalized spacial score (nSPS) is 23.1. The molecule has 3 heterocycles. The number of esters is 1. The molecule has 9 heteroatoms. The van der Waals surface area contributed by atoms with E-state index in [0.29, 0.717) is 13.1 Å². The molecular weight excluding hydrogens is 346 g/mol. The third kappa shape index (κ3) is 3.33. The summed E-state index contributed by atoms with van der Waals surface area (Å²) in [5, 5.41) is 3.30. The number of piperazine rings is 1. The molecule has 1 aromatic heterocycles.